The highest BCUT2D eigenvalue weighted by molar-refractivity contribution is 6.04. The Bertz CT molecular complexity index is 1490. The van der Waals surface area contributed by atoms with Crippen molar-refractivity contribution >= 4 is 23.8 Å². The third-order valence-electron chi connectivity index (χ3n) is 8.15. The van der Waals surface area contributed by atoms with Gasteiger partial charge in [-0.15, -0.1) is 6.58 Å². The van der Waals surface area contributed by atoms with Crippen LogP contribution in [0.4, 0.5) is 18.0 Å². The Kier molecular flexibility index (Phi) is 8.80. The number of nitrogens with one attached hydrogen (secondary N) is 1. The summed E-state index contributed by atoms with van der Waals surface area (Å²) in [6.45, 7) is 5.87. The molecule has 3 aliphatic rings. The minimum absolute atomic E-state index is 0.00325. The Morgan fingerprint density at radius 1 is 1.11 bits per heavy atom. The van der Waals surface area contributed by atoms with Gasteiger partial charge in [0.2, 0.25) is 5.91 Å². The highest BCUT2D eigenvalue weighted by atomic mass is 19.4. The number of carbonyl (C=O) groups excluding carboxylic acids is 4. The number of carbonyl (C=O) groups is 4. The molecule has 1 saturated heterocycles. The molecule has 0 unspecified atom stereocenters. The van der Waals surface area contributed by atoms with Crippen LogP contribution in [-0.4, -0.2) is 71.3 Å². The van der Waals surface area contributed by atoms with Gasteiger partial charge >= 0.3 is 18.2 Å². The molecular formula is C32H33F3N4O5. The molecule has 232 valence electrons. The molecule has 3 atom stereocenters. The third-order valence-corrected chi connectivity index (χ3v) is 8.15. The minimum Gasteiger partial charge on any atom is -0.466 e. The van der Waals surface area contributed by atoms with E-state index in [1.54, 1.807) is 37.3 Å². The van der Waals surface area contributed by atoms with Gasteiger partial charge in [-0.3, -0.25) is 19.3 Å². The predicted molar refractivity (Wildman–Crippen MR) is 153 cm³/mol. The van der Waals surface area contributed by atoms with Gasteiger partial charge in [0.15, 0.2) is 0 Å². The van der Waals surface area contributed by atoms with Crippen molar-refractivity contribution in [2.24, 2.45) is 5.92 Å². The number of piperidine rings is 1. The van der Waals surface area contributed by atoms with Gasteiger partial charge in [0.05, 0.1) is 41.9 Å². The molecule has 0 saturated carbocycles. The van der Waals surface area contributed by atoms with E-state index in [1.807, 2.05) is 0 Å². The van der Waals surface area contributed by atoms with Crippen molar-refractivity contribution in [3.05, 3.63) is 95.2 Å². The number of likely N-dealkylation sites (tertiary alicyclic amines) is 1. The largest absolute Gasteiger partial charge is 0.466 e. The summed E-state index contributed by atoms with van der Waals surface area (Å²) >= 11 is 0. The molecule has 1 fully saturated rings. The lowest BCUT2D eigenvalue weighted by atomic mass is 9.91. The number of hydrogen-bond acceptors (Lipinski definition) is 5. The van der Waals surface area contributed by atoms with Crippen LogP contribution >= 0.6 is 0 Å². The number of hydrogen-bond donors (Lipinski definition) is 1. The Morgan fingerprint density at radius 2 is 1.82 bits per heavy atom. The van der Waals surface area contributed by atoms with Crippen LogP contribution in [0.2, 0.25) is 0 Å². The van der Waals surface area contributed by atoms with Gasteiger partial charge in [-0.1, -0.05) is 54.6 Å². The molecule has 44 heavy (non-hydrogen) atoms. The fourth-order valence-corrected chi connectivity index (χ4v) is 6.18. The number of alkyl halides is 3. The fourth-order valence-electron chi connectivity index (χ4n) is 6.18. The lowest BCUT2D eigenvalue weighted by molar-refractivity contribution is -0.153. The number of benzene rings is 2. The van der Waals surface area contributed by atoms with E-state index in [4.69, 9.17) is 4.74 Å². The summed E-state index contributed by atoms with van der Waals surface area (Å²) in [4.78, 5) is 58.5. The van der Waals surface area contributed by atoms with Crippen molar-refractivity contribution in [3.63, 3.8) is 0 Å². The summed E-state index contributed by atoms with van der Waals surface area (Å²) in [5, 5.41) is 2.59. The van der Waals surface area contributed by atoms with E-state index in [1.165, 1.54) is 39.0 Å². The van der Waals surface area contributed by atoms with Crippen LogP contribution in [0.3, 0.4) is 0 Å². The smallest absolute Gasteiger partial charge is 0.416 e. The fraction of sp³-hybridized carbons (Fsp3) is 0.375. The number of esters is 1. The van der Waals surface area contributed by atoms with Gasteiger partial charge < -0.3 is 19.9 Å². The minimum atomic E-state index is -4.74. The Morgan fingerprint density at radius 3 is 2.50 bits per heavy atom. The van der Waals surface area contributed by atoms with E-state index in [-0.39, 0.29) is 43.1 Å². The van der Waals surface area contributed by atoms with Crippen molar-refractivity contribution in [2.75, 3.05) is 32.8 Å². The first kappa shape index (κ1) is 30.8. The van der Waals surface area contributed by atoms with Crippen molar-refractivity contribution in [1.82, 2.24) is 20.0 Å². The molecule has 9 nitrogen and oxygen atoms in total. The maximum Gasteiger partial charge on any atom is 0.416 e. The maximum atomic E-state index is 14.3. The average molecular weight is 611 g/mol. The zero-order chi connectivity index (χ0) is 31.6. The quantitative estimate of drug-likeness (QED) is 0.348. The summed E-state index contributed by atoms with van der Waals surface area (Å²) in [5.74, 6) is -2.01. The summed E-state index contributed by atoms with van der Waals surface area (Å²) in [6.07, 6.45) is -2.18. The number of rotatable bonds is 8. The second-order valence-corrected chi connectivity index (χ2v) is 10.8. The molecule has 0 aliphatic carbocycles. The number of amides is 4. The van der Waals surface area contributed by atoms with E-state index in [0.717, 1.165) is 6.07 Å². The number of urea groups is 1. The van der Waals surface area contributed by atoms with Crippen LogP contribution in [0.5, 0.6) is 0 Å². The first-order chi connectivity index (χ1) is 21.1. The monoisotopic (exact) mass is 610 g/mol. The van der Waals surface area contributed by atoms with Gasteiger partial charge in [0.1, 0.15) is 6.04 Å². The lowest BCUT2D eigenvalue weighted by Gasteiger charge is -2.37. The Hall–Kier alpha value is -4.61. The number of halogens is 3. The maximum absolute atomic E-state index is 14.3. The second-order valence-electron chi connectivity index (χ2n) is 10.8. The second kappa shape index (κ2) is 12.6. The standard InChI is InChI=1S/C32H33F3N4O5/c1-3-16-38-24-19-39(28(40)25(24)26(36-31(38)43)22-14-8-9-15-23(22)32(33,34)35)27(20-11-6-5-7-12-20)29(41)37-17-10-13-21(18-37)30(42)44-4-2/h3,5-9,11-12,14-15,21,26-27H,1,4,10,13,16-19H2,2H3,(H,36,43)/t21-,26-,27-/m1/s1. The van der Waals surface area contributed by atoms with Crippen LogP contribution in [0.25, 0.3) is 0 Å². The van der Waals surface area contributed by atoms with E-state index in [9.17, 15) is 32.3 Å². The highest BCUT2D eigenvalue weighted by Crippen LogP contribution is 2.43. The molecule has 0 radical (unpaired) electrons. The molecule has 2 aromatic rings. The third kappa shape index (κ3) is 5.80. The molecule has 4 amide bonds. The van der Waals surface area contributed by atoms with E-state index in [2.05, 4.69) is 11.9 Å². The van der Waals surface area contributed by atoms with Crippen LogP contribution in [0, 0.1) is 5.92 Å². The first-order valence-corrected chi connectivity index (χ1v) is 14.5. The average Bonchev–Trinajstić information content (AvgIpc) is 3.35. The van der Waals surface area contributed by atoms with Crippen molar-refractivity contribution in [2.45, 2.75) is 38.0 Å². The van der Waals surface area contributed by atoms with Crippen molar-refractivity contribution < 1.29 is 37.1 Å². The first-order valence-electron chi connectivity index (χ1n) is 14.5. The Labute approximate surface area is 252 Å². The van der Waals surface area contributed by atoms with Gasteiger partial charge in [-0.05, 0) is 37.0 Å². The van der Waals surface area contributed by atoms with Gasteiger partial charge in [0, 0.05) is 19.6 Å². The van der Waals surface area contributed by atoms with Crippen molar-refractivity contribution in [1.29, 1.82) is 0 Å². The molecule has 3 aliphatic heterocycles. The van der Waals surface area contributed by atoms with Crippen LogP contribution in [0.15, 0.2) is 78.5 Å². The number of ether oxygens (including phenoxy) is 1. The summed E-state index contributed by atoms with van der Waals surface area (Å²) in [6, 6.07) is 10.1. The Balaban J connectivity index is 1.56. The lowest BCUT2D eigenvalue weighted by Crippen LogP contribution is -2.49. The molecule has 3 heterocycles. The summed E-state index contributed by atoms with van der Waals surface area (Å²) < 4.78 is 47.4. The van der Waals surface area contributed by atoms with E-state index < -0.39 is 53.6 Å². The van der Waals surface area contributed by atoms with Crippen LogP contribution in [0.1, 0.15) is 48.5 Å². The highest BCUT2D eigenvalue weighted by Gasteiger charge is 2.50. The van der Waals surface area contributed by atoms with Crippen molar-refractivity contribution in [3.8, 4) is 0 Å². The molecule has 0 bridgehead atoms. The zero-order valence-electron chi connectivity index (χ0n) is 24.2. The summed E-state index contributed by atoms with van der Waals surface area (Å²) in [5.41, 5.74) is -0.595. The topological polar surface area (TPSA) is 99.3 Å². The zero-order valence-corrected chi connectivity index (χ0v) is 24.2. The molecule has 0 spiro atoms. The van der Waals surface area contributed by atoms with E-state index >= 15 is 0 Å². The predicted octanol–water partition coefficient (Wildman–Crippen LogP) is 4.60. The van der Waals surface area contributed by atoms with Gasteiger partial charge in [0.25, 0.3) is 5.91 Å². The van der Waals surface area contributed by atoms with Gasteiger partial charge in [-0.2, -0.15) is 13.2 Å². The SMILES string of the molecule is C=CCN1C(=O)N[C@H](c2ccccc2C(F)(F)F)C2=C1CN([C@@H](C(=O)N1CCC[C@@H](C(=O)OCC)C1)c1ccccc1)C2=O. The van der Waals surface area contributed by atoms with Crippen LogP contribution < -0.4 is 5.32 Å². The normalized spacial score (nSPS) is 21.1. The molecule has 5 rings (SSSR count). The van der Waals surface area contributed by atoms with Crippen LogP contribution in [-0.2, 0) is 25.3 Å². The summed E-state index contributed by atoms with van der Waals surface area (Å²) in [7, 11) is 0. The number of nitrogens with zero attached hydrogens (tertiary/aromatic N) is 3. The van der Waals surface area contributed by atoms with E-state index in [0.29, 0.717) is 24.9 Å². The molecule has 2 aromatic carbocycles. The van der Waals surface area contributed by atoms with Gasteiger partial charge in [-0.25, -0.2) is 4.79 Å². The molecule has 1 N–H and O–H groups in total. The molecular weight excluding hydrogens is 577 g/mol. The molecule has 0 aromatic heterocycles. The molecule has 12 heteroatoms.